The van der Waals surface area contributed by atoms with Crippen LogP contribution in [0, 0.1) is 11.3 Å². The summed E-state index contributed by atoms with van der Waals surface area (Å²) in [7, 11) is 0. The summed E-state index contributed by atoms with van der Waals surface area (Å²) in [6.07, 6.45) is 3.27. The molecular formula is C23H24N7O+. The number of piperidine rings is 1. The van der Waals surface area contributed by atoms with Gasteiger partial charge >= 0.3 is 0 Å². The number of hydrogen-bond donors (Lipinski definition) is 2. The van der Waals surface area contributed by atoms with E-state index < -0.39 is 0 Å². The van der Waals surface area contributed by atoms with Crippen molar-refractivity contribution in [1.29, 1.82) is 5.26 Å². The normalized spacial score (nSPS) is 15.9. The molecule has 0 atom stereocenters. The maximum absolute atomic E-state index is 13.2. The lowest BCUT2D eigenvalue weighted by molar-refractivity contribution is -0.345. The van der Waals surface area contributed by atoms with E-state index in [2.05, 4.69) is 20.9 Å². The molecule has 31 heavy (non-hydrogen) atoms. The second-order valence-electron chi connectivity index (χ2n) is 8.13. The Kier molecular flexibility index (Phi) is 4.59. The maximum atomic E-state index is 13.2. The van der Waals surface area contributed by atoms with Crippen molar-refractivity contribution in [2.45, 2.75) is 25.8 Å². The number of nitriles is 1. The number of nitrogens with two attached hydrogens (primary N) is 2. The minimum atomic E-state index is -0.0740. The van der Waals surface area contributed by atoms with Crippen LogP contribution in [0.3, 0.4) is 0 Å². The van der Waals surface area contributed by atoms with Gasteiger partial charge in [0.05, 0.1) is 30.6 Å². The molecular weight excluding hydrogens is 390 g/mol. The monoisotopic (exact) mass is 414 g/mol. The number of anilines is 4. The number of nitrogens with one attached hydrogen (secondary N) is 1. The number of fused-ring (bicyclic) bond motifs is 3. The van der Waals surface area contributed by atoms with Gasteiger partial charge in [-0.05, 0) is 24.8 Å². The Balaban J connectivity index is 1.73. The molecule has 8 heteroatoms. The highest BCUT2D eigenvalue weighted by Crippen LogP contribution is 2.40. The van der Waals surface area contributed by atoms with Crippen LogP contribution >= 0.6 is 0 Å². The first kappa shape index (κ1) is 19.1. The molecule has 5 N–H and O–H groups in total. The van der Waals surface area contributed by atoms with Crippen LogP contribution in [0.2, 0.25) is 0 Å². The van der Waals surface area contributed by atoms with Crippen LogP contribution in [0.5, 0.6) is 0 Å². The molecule has 8 nitrogen and oxygen atoms in total. The maximum Gasteiger partial charge on any atom is 0.240 e. The molecule has 0 bridgehead atoms. The molecule has 5 rings (SSSR count). The number of nitrogen functional groups attached to an aromatic ring is 2. The SMILES string of the molecule is N#Cc1c(N2CCCCC2)[nH+]c(N)c2c(N)nc3c(c12)C(=O)CN3Cc1ccccc1. The summed E-state index contributed by atoms with van der Waals surface area (Å²) in [5.74, 6) is 1.66. The van der Waals surface area contributed by atoms with Crippen LogP contribution in [-0.4, -0.2) is 30.4 Å². The summed E-state index contributed by atoms with van der Waals surface area (Å²) in [6.45, 7) is 2.41. The molecule has 156 valence electrons. The third-order valence-electron chi connectivity index (χ3n) is 6.13. The number of aromatic nitrogens is 2. The van der Waals surface area contributed by atoms with Gasteiger partial charge in [0.15, 0.2) is 5.78 Å². The van der Waals surface area contributed by atoms with Gasteiger partial charge in [-0.25, -0.2) is 9.97 Å². The lowest BCUT2D eigenvalue weighted by Gasteiger charge is -2.25. The van der Waals surface area contributed by atoms with Crippen molar-refractivity contribution >= 4 is 39.8 Å². The first-order valence-electron chi connectivity index (χ1n) is 10.5. The van der Waals surface area contributed by atoms with Crippen molar-refractivity contribution in [2.75, 3.05) is 40.9 Å². The molecule has 1 aromatic carbocycles. The molecule has 2 aliphatic heterocycles. The van der Waals surface area contributed by atoms with Gasteiger partial charge in [0, 0.05) is 11.9 Å². The van der Waals surface area contributed by atoms with Gasteiger partial charge in [-0.15, -0.1) is 0 Å². The van der Waals surface area contributed by atoms with Crippen LogP contribution in [0.1, 0.15) is 40.7 Å². The van der Waals surface area contributed by atoms with Crippen LogP contribution in [0.15, 0.2) is 30.3 Å². The summed E-state index contributed by atoms with van der Waals surface area (Å²) in [4.78, 5) is 24.9. The number of ketones is 1. The van der Waals surface area contributed by atoms with Crippen molar-refractivity contribution in [3.05, 3.63) is 47.0 Å². The number of H-pyrrole nitrogens is 1. The molecule has 2 aromatic heterocycles. The molecule has 3 aromatic rings. The molecule has 0 aliphatic carbocycles. The van der Waals surface area contributed by atoms with E-state index in [4.69, 9.17) is 11.5 Å². The number of carbonyl (C=O) groups is 1. The summed E-state index contributed by atoms with van der Waals surface area (Å²) < 4.78 is 0. The van der Waals surface area contributed by atoms with Gasteiger partial charge in [0.2, 0.25) is 11.6 Å². The number of nitrogens with zero attached hydrogens (tertiary/aromatic N) is 4. The number of benzene rings is 1. The molecule has 2 aliphatic rings. The molecule has 1 fully saturated rings. The zero-order valence-corrected chi connectivity index (χ0v) is 17.2. The predicted octanol–water partition coefficient (Wildman–Crippen LogP) is 2.28. The van der Waals surface area contributed by atoms with Gasteiger partial charge in [-0.1, -0.05) is 30.3 Å². The number of Topliss-reactive ketones (excluding diaryl/α,β-unsaturated/α-hetero) is 1. The third kappa shape index (κ3) is 3.10. The van der Waals surface area contributed by atoms with Gasteiger partial charge in [0.1, 0.15) is 23.3 Å². The number of carbonyl (C=O) groups excluding carboxylic acids is 1. The quantitative estimate of drug-likeness (QED) is 0.673. The van der Waals surface area contributed by atoms with E-state index in [0.29, 0.717) is 45.9 Å². The van der Waals surface area contributed by atoms with E-state index >= 15 is 0 Å². The second kappa shape index (κ2) is 7.43. The van der Waals surface area contributed by atoms with Crippen molar-refractivity contribution in [3.8, 4) is 6.07 Å². The van der Waals surface area contributed by atoms with Crippen LogP contribution in [0.4, 0.5) is 23.3 Å². The molecule has 0 unspecified atom stereocenters. The number of pyridine rings is 2. The average molecular weight is 414 g/mol. The lowest BCUT2D eigenvalue weighted by Crippen LogP contribution is -2.36. The van der Waals surface area contributed by atoms with Gasteiger partial charge in [-0.2, -0.15) is 5.26 Å². The van der Waals surface area contributed by atoms with Crippen molar-refractivity contribution in [3.63, 3.8) is 0 Å². The van der Waals surface area contributed by atoms with E-state index in [0.717, 1.165) is 31.5 Å². The van der Waals surface area contributed by atoms with Crippen molar-refractivity contribution in [1.82, 2.24) is 4.98 Å². The van der Waals surface area contributed by atoms with E-state index in [9.17, 15) is 10.1 Å². The summed E-state index contributed by atoms with van der Waals surface area (Å²) in [5.41, 5.74) is 14.6. The molecule has 0 amide bonds. The number of hydrogen-bond acceptors (Lipinski definition) is 7. The Morgan fingerprint density at radius 2 is 1.84 bits per heavy atom. The number of aromatic amines is 1. The Morgan fingerprint density at radius 3 is 2.55 bits per heavy atom. The summed E-state index contributed by atoms with van der Waals surface area (Å²) in [6, 6.07) is 12.2. The smallest absolute Gasteiger partial charge is 0.240 e. The Hall–Kier alpha value is -3.86. The third-order valence-corrected chi connectivity index (χ3v) is 6.13. The van der Waals surface area contributed by atoms with Gasteiger partial charge in [0.25, 0.3) is 0 Å². The lowest BCUT2D eigenvalue weighted by atomic mass is 9.99. The highest BCUT2D eigenvalue weighted by molar-refractivity contribution is 6.21. The second-order valence-corrected chi connectivity index (χ2v) is 8.13. The fourth-order valence-corrected chi connectivity index (χ4v) is 4.70. The average Bonchev–Trinajstić information content (AvgIpc) is 3.09. The molecule has 0 spiro atoms. The molecule has 1 saturated heterocycles. The molecule has 0 saturated carbocycles. The first-order valence-corrected chi connectivity index (χ1v) is 10.5. The summed E-state index contributed by atoms with van der Waals surface area (Å²) >= 11 is 0. The van der Waals surface area contributed by atoms with Crippen molar-refractivity contribution in [2.24, 2.45) is 0 Å². The van der Waals surface area contributed by atoms with E-state index in [-0.39, 0.29) is 18.1 Å². The number of rotatable bonds is 3. The first-order chi connectivity index (χ1) is 15.1. The van der Waals surface area contributed by atoms with Crippen LogP contribution in [0.25, 0.3) is 10.8 Å². The zero-order valence-electron chi connectivity index (χ0n) is 17.2. The fraction of sp³-hybridized carbons (Fsp3) is 0.304. The van der Waals surface area contributed by atoms with Gasteiger partial charge in [-0.3, -0.25) is 9.69 Å². The van der Waals surface area contributed by atoms with E-state index in [1.165, 1.54) is 6.42 Å². The minimum absolute atomic E-state index is 0.0740. The summed E-state index contributed by atoms with van der Waals surface area (Å²) in [5, 5.41) is 11.1. The van der Waals surface area contributed by atoms with E-state index in [1.807, 2.05) is 35.2 Å². The predicted molar refractivity (Wildman–Crippen MR) is 120 cm³/mol. The van der Waals surface area contributed by atoms with Gasteiger partial charge < -0.3 is 16.4 Å². The Bertz CT molecular complexity index is 1230. The van der Waals surface area contributed by atoms with Crippen molar-refractivity contribution < 1.29 is 9.78 Å². The standard InChI is InChI=1S/C23H23N7O/c24-11-15-17-18-16(31)13-30(12-14-7-3-1-4-8-14)23(18)28-21(26)19(17)20(25)27-22(15)29-9-5-2-6-10-29/h1,3-4,7-8H,2,5-6,9-10,12-13H2,(H2,25,27)(H2,26,28)/p+1. The highest BCUT2D eigenvalue weighted by Gasteiger charge is 2.36. The Labute approximate surface area is 180 Å². The Morgan fingerprint density at radius 1 is 1.10 bits per heavy atom. The van der Waals surface area contributed by atoms with Crippen LogP contribution < -0.4 is 26.3 Å². The molecule has 0 radical (unpaired) electrons. The highest BCUT2D eigenvalue weighted by atomic mass is 16.1. The largest absolute Gasteiger partial charge is 0.383 e. The topological polar surface area (TPSA) is 126 Å². The van der Waals surface area contributed by atoms with E-state index in [1.54, 1.807) is 0 Å². The zero-order chi connectivity index (χ0) is 21.5. The molecule has 4 heterocycles. The fourth-order valence-electron chi connectivity index (χ4n) is 4.70. The van der Waals surface area contributed by atoms with Crippen LogP contribution in [-0.2, 0) is 6.54 Å². The minimum Gasteiger partial charge on any atom is -0.383 e.